The van der Waals surface area contributed by atoms with Crippen LogP contribution in [0.5, 0.6) is 5.75 Å². The van der Waals surface area contributed by atoms with Crippen LogP contribution in [0.2, 0.25) is 0 Å². The van der Waals surface area contributed by atoms with Crippen molar-refractivity contribution in [2.24, 2.45) is 0 Å². The zero-order valence-electron chi connectivity index (χ0n) is 34.2. The molecule has 2 aliphatic heterocycles. The summed E-state index contributed by atoms with van der Waals surface area (Å²) in [5.74, 6) is 0.237. The van der Waals surface area contributed by atoms with E-state index in [1.807, 2.05) is 73.6 Å². The first-order valence-corrected chi connectivity index (χ1v) is 19.9. The minimum Gasteiger partial charge on any atom is -0.490 e. The van der Waals surface area contributed by atoms with E-state index in [2.05, 4.69) is 32.9 Å². The summed E-state index contributed by atoms with van der Waals surface area (Å²) in [6.07, 6.45) is -1.43. The van der Waals surface area contributed by atoms with Crippen LogP contribution in [0.15, 0.2) is 103 Å². The average molecular weight is 811 g/mol. The number of anilines is 2. The van der Waals surface area contributed by atoms with Gasteiger partial charge in [-0.25, -0.2) is 0 Å². The highest BCUT2D eigenvalue weighted by Gasteiger charge is 2.32. The Balaban J connectivity index is 1.22. The quantitative estimate of drug-likeness (QED) is 0.136. The molecule has 0 unspecified atom stereocenters. The van der Waals surface area contributed by atoms with Crippen molar-refractivity contribution in [3.8, 4) is 5.75 Å². The Morgan fingerprint density at radius 3 is 2.14 bits per heavy atom. The maximum atomic E-state index is 14.6. The summed E-state index contributed by atoms with van der Waals surface area (Å²) in [5.41, 5.74) is 4.47. The highest BCUT2D eigenvalue weighted by molar-refractivity contribution is 5.95. The standard InChI is InChI=1S/C46H53F3N6O4/c1-34(56)53-24-26-54(27-25-53)40-18-12-37(13-19-40)33-55(44(57)21-15-35-10-16-39(17-11-35)46(47,48)49)42(30-36-8-6-5-7-9-36)45(58)52(4)23-22-50(2)32-38-14-20-41-43(31-38)59-29-28-51(41)3/h5-21,31,42H,22-30,32-33H2,1-4H3/t42-/m0/s1. The number of hydrogen-bond acceptors (Lipinski definition) is 7. The van der Waals surface area contributed by atoms with Crippen LogP contribution in [0, 0.1) is 0 Å². The minimum absolute atomic E-state index is 0.0587. The van der Waals surface area contributed by atoms with Gasteiger partial charge >= 0.3 is 6.18 Å². The molecule has 6 rings (SSSR count). The number of fused-ring (bicyclic) bond motifs is 1. The second-order valence-electron chi connectivity index (χ2n) is 15.4. The fourth-order valence-corrected chi connectivity index (χ4v) is 7.42. The monoisotopic (exact) mass is 810 g/mol. The first kappa shape index (κ1) is 42.8. The molecule has 1 atom stereocenters. The van der Waals surface area contributed by atoms with Crippen molar-refractivity contribution in [1.82, 2.24) is 19.6 Å². The van der Waals surface area contributed by atoms with Crippen LogP contribution < -0.4 is 14.5 Å². The highest BCUT2D eigenvalue weighted by Crippen LogP contribution is 2.32. The molecule has 2 heterocycles. The molecular formula is C46H53F3N6O4. The lowest BCUT2D eigenvalue weighted by Gasteiger charge is -2.36. The molecule has 0 bridgehead atoms. The van der Waals surface area contributed by atoms with E-state index in [1.165, 1.54) is 24.3 Å². The van der Waals surface area contributed by atoms with Crippen LogP contribution in [-0.2, 0) is 40.1 Å². The third kappa shape index (κ3) is 11.4. The molecule has 1 saturated heterocycles. The Labute approximate surface area is 345 Å². The first-order valence-electron chi connectivity index (χ1n) is 19.9. The summed E-state index contributed by atoms with van der Waals surface area (Å²) >= 11 is 0. The fraction of sp³-hybridized carbons (Fsp3) is 0.370. The zero-order valence-corrected chi connectivity index (χ0v) is 34.2. The second-order valence-corrected chi connectivity index (χ2v) is 15.4. The van der Waals surface area contributed by atoms with Crippen molar-refractivity contribution in [2.45, 2.75) is 38.7 Å². The van der Waals surface area contributed by atoms with Crippen LogP contribution in [0.4, 0.5) is 24.5 Å². The molecule has 3 amide bonds. The van der Waals surface area contributed by atoms with Gasteiger partial charge in [-0.1, -0.05) is 60.7 Å². The molecule has 0 aromatic heterocycles. The number of likely N-dealkylation sites (N-methyl/N-ethyl adjacent to an activating group) is 3. The van der Waals surface area contributed by atoms with Gasteiger partial charge in [0, 0.05) is 91.6 Å². The van der Waals surface area contributed by atoms with Crippen LogP contribution in [0.3, 0.4) is 0 Å². The fourth-order valence-electron chi connectivity index (χ4n) is 7.42. The Bertz CT molecular complexity index is 2070. The third-order valence-electron chi connectivity index (χ3n) is 11.0. The molecular weight excluding hydrogens is 758 g/mol. The van der Waals surface area contributed by atoms with Gasteiger partial charge in [0.2, 0.25) is 17.7 Å². The molecule has 59 heavy (non-hydrogen) atoms. The normalized spacial score (nSPS) is 14.9. The highest BCUT2D eigenvalue weighted by atomic mass is 19.4. The van der Waals surface area contributed by atoms with Crippen LogP contribution in [0.25, 0.3) is 6.08 Å². The average Bonchev–Trinajstić information content (AvgIpc) is 3.23. The van der Waals surface area contributed by atoms with Gasteiger partial charge in [0.05, 0.1) is 17.8 Å². The molecule has 10 nitrogen and oxygen atoms in total. The van der Waals surface area contributed by atoms with Crippen molar-refractivity contribution in [1.29, 1.82) is 0 Å². The number of benzene rings is 4. The van der Waals surface area contributed by atoms with Gasteiger partial charge in [-0.05, 0) is 71.8 Å². The van der Waals surface area contributed by atoms with E-state index in [0.717, 1.165) is 52.5 Å². The summed E-state index contributed by atoms with van der Waals surface area (Å²) in [5, 5.41) is 0. The Kier molecular flexibility index (Phi) is 14.0. The maximum Gasteiger partial charge on any atom is 0.416 e. The molecule has 0 aliphatic carbocycles. The van der Waals surface area contributed by atoms with Gasteiger partial charge in [-0.3, -0.25) is 14.4 Å². The zero-order chi connectivity index (χ0) is 42.1. The maximum absolute atomic E-state index is 14.6. The summed E-state index contributed by atoms with van der Waals surface area (Å²) in [7, 11) is 5.80. The number of hydrogen-bond donors (Lipinski definition) is 0. The lowest BCUT2D eigenvalue weighted by molar-refractivity contribution is -0.143. The number of piperazine rings is 1. The minimum atomic E-state index is -4.48. The largest absolute Gasteiger partial charge is 0.490 e. The van der Waals surface area contributed by atoms with E-state index < -0.39 is 23.7 Å². The first-order chi connectivity index (χ1) is 28.2. The smallest absolute Gasteiger partial charge is 0.416 e. The Morgan fingerprint density at radius 1 is 0.797 bits per heavy atom. The third-order valence-corrected chi connectivity index (χ3v) is 11.0. The SMILES string of the molecule is CC(=O)N1CCN(c2ccc(CN(C(=O)C=Cc3ccc(C(F)(F)F)cc3)[C@@H](Cc3ccccc3)C(=O)N(C)CCN(C)Cc3ccc4c(c3)OCCN4C)cc2)CC1. The van der Waals surface area contributed by atoms with E-state index in [4.69, 9.17) is 4.74 Å². The molecule has 0 N–H and O–H groups in total. The number of rotatable bonds is 14. The molecule has 312 valence electrons. The summed E-state index contributed by atoms with van der Waals surface area (Å²) < 4.78 is 45.7. The Morgan fingerprint density at radius 2 is 1.47 bits per heavy atom. The molecule has 0 saturated carbocycles. The Hall–Kier alpha value is -5.82. The number of ether oxygens (including phenoxy) is 1. The van der Waals surface area contributed by atoms with Crippen molar-refractivity contribution in [3.63, 3.8) is 0 Å². The van der Waals surface area contributed by atoms with Crippen molar-refractivity contribution >= 4 is 35.2 Å². The number of nitrogens with zero attached hydrogens (tertiary/aromatic N) is 6. The van der Waals surface area contributed by atoms with Crippen molar-refractivity contribution < 1.29 is 32.3 Å². The van der Waals surface area contributed by atoms with Gasteiger partial charge < -0.3 is 34.1 Å². The van der Waals surface area contributed by atoms with E-state index in [0.29, 0.717) is 58.0 Å². The summed E-state index contributed by atoms with van der Waals surface area (Å²) in [6.45, 7) is 7.46. The molecule has 4 aromatic carbocycles. The van der Waals surface area contributed by atoms with Crippen LogP contribution in [0.1, 0.15) is 34.7 Å². The summed E-state index contributed by atoms with van der Waals surface area (Å²) in [4.78, 5) is 52.4. The van der Waals surface area contributed by atoms with Gasteiger partial charge in [0.1, 0.15) is 18.4 Å². The van der Waals surface area contributed by atoms with Gasteiger partial charge in [0.15, 0.2) is 0 Å². The van der Waals surface area contributed by atoms with E-state index in [-0.39, 0.29) is 24.8 Å². The lowest BCUT2D eigenvalue weighted by Crippen LogP contribution is -2.51. The number of halogens is 3. The van der Waals surface area contributed by atoms with Crippen LogP contribution in [-0.4, -0.2) is 117 Å². The molecule has 0 radical (unpaired) electrons. The molecule has 2 aliphatic rings. The summed E-state index contributed by atoms with van der Waals surface area (Å²) in [6, 6.07) is 27.3. The van der Waals surface area contributed by atoms with E-state index in [1.54, 1.807) is 23.8 Å². The van der Waals surface area contributed by atoms with Crippen LogP contribution >= 0.6 is 0 Å². The number of carbonyl (C=O) groups excluding carboxylic acids is 3. The van der Waals surface area contributed by atoms with Gasteiger partial charge in [-0.2, -0.15) is 13.2 Å². The molecule has 4 aromatic rings. The number of carbonyl (C=O) groups is 3. The van der Waals surface area contributed by atoms with E-state index in [9.17, 15) is 27.6 Å². The predicted molar refractivity (Wildman–Crippen MR) is 225 cm³/mol. The molecule has 13 heteroatoms. The van der Waals surface area contributed by atoms with Crippen molar-refractivity contribution in [2.75, 3.05) is 83.4 Å². The number of alkyl halides is 3. The topological polar surface area (TPSA) is 79.9 Å². The van der Waals surface area contributed by atoms with Gasteiger partial charge in [-0.15, -0.1) is 0 Å². The van der Waals surface area contributed by atoms with E-state index >= 15 is 0 Å². The van der Waals surface area contributed by atoms with Crippen molar-refractivity contribution in [3.05, 3.63) is 131 Å². The van der Waals surface area contributed by atoms with Gasteiger partial charge in [0.25, 0.3) is 0 Å². The molecule has 1 fully saturated rings. The second kappa shape index (κ2) is 19.3. The lowest BCUT2D eigenvalue weighted by atomic mass is 10.0. The molecule has 0 spiro atoms. The number of amides is 3. The predicted octanol–water partition coefficient (Wildman–Crippen LogP) is 6.45.